The van der Waals surface area contributed by atoms with Gasteiger partial charge in [0, 0.05) is 16.1 Å². The lowest BCUT2D eigenvalue weighted by molar-refractivity contribution is -0.132. The lowest BCUT2D eigenvalue weighted by atomic mass is 9.98. The van der Waals surface area contributed by atoms with Crippen LogP contribution in [0.2, 0.25) is 0 Å². The van der Waals surface area contributed by atoms with E-state index in [1.165, 1.54) is 16.2 Å². The largest absolute Gasteiger partial charge is 0.507 e. The van der Waals surface area contributed by atoms with Crippen LogP contribution in [0, 0.1) is 19.8 Å². The number of thiophene rings is 1. The topological polar surface area (TPSA) is 66.8 Å². The predicted octanol–water partition coefficient (Wildman–Crippen LogP) is 6.03. The second-order valence-corrected chi connectivity index (χ2v) is 9.65. The Morgan fingerprint density at radius 1 is 1.03 bits per heavy atom. The molecule has 1 unspecified atom stereocenters. The van der Waals surface area contributed by atoms with E-state index < -0.39 is 17.7 Å². The Morgan fingerprint density at radius 3 is 2.27 bits per heavy atom. The summed E-state index contributed by atoms with van der Waals surface area (Å²) in [7, 11) is 0. The highest BCUT2D eigenvalue weighted by Crippen LogP contribution is 2.44. The monoisotopic (exact) mass is 461 g/mol. The van der Waals surface area contributed by atoms with Crippen LogP contribution in [0.4, 0.5) is 5.69 Å². The van der Waals surface area contributed by atoms with E-state index >= 15 is 0 Å². The van der Waals surface area contributed by atoms with Crippen LogP contribution >= 0.6 is 11.3 Å². The molecule has 0 radical (unpaired) electrons. The maximum absolute atomic E-state index is 13.2. The molecule has 33 heavy (non-hydrogen) atoms. The Hall–Kier alpha value is -3.38. The summed E-state index contributed by atoms with van der Waals surface area (Å²) >= 11 is 1.47. The van der Waals surface area contributed by atoms with Gasteiger partial charge in [-0.2, -0.15) is 0 Å². The van der Waals surface area contributed by atoms with Gasteiger partial charge < -0.3 is 9.84 Å². The average molecular weight is 462 g/mol. The maximum atomic E-state index is 13.2. The second kappa shape index (κ2) is 9.24. The van der Waals surface area contributed by atoms with Crippen LogP contribution in [0.5, 0.6) is 5.75 Å². The molecule has 1 saturated heterocycles. The summed E-state index contributed by atoms with van der Waals surface area (Å²) in [4.78, 5) is 28.7. The van der Waals surface area contributed by atoms with E-state index in [-0.39, 0.29) is 11.3 Å². The SMILES string of the molecule is Cc1ccc(N2C(=O)C(=O)/C(=C(\O)c3ccc(OCC(C)C)cc3)C2c2sccc2C)cc1. The molecule has 6 heteroatoms. The number of amides is 1. The fourth-order valence-corrected chi connectivity index (χ4v) is 4.87. The van der Waals surface area contributed by atoms with Crippen molar-refractivity contribution < 1.29 is 19.4 Å². The number of carbonyl (C=O) groups excluding carboxylic acids is 2. The molecule has 0 spiro atoms. The summed E-state index contributed by atoms with van der Waals surface area (Å²) in [5, 5.41) is 13.2. The number of ether oxygens (including phenoxy) is 1. The molecule has 1 amide bonds. The summed E-state index contributed by atoms with van der Waals surface area (Å²) in [6, 6.07) is 15.7. The molecule has 1 aliphatic rings. The minimum Gasteiger partial charge on any atom is -0.507 e. The molecule has 4 rings (SSSR count). The van der Waals surface area contributed by atoms with Gasteiger partial charge in [-0.15, -0.1) is 11.3 Å². The third-order valence-corrected chi connectivity index (χ3v) is 6.69. The molecule has 5 nitrogen and oxygen atoms in total. The van der Waals surface area contributed by atoms with Crippen molar-refractivity contribution in [3.05, 3.63) is 87.1 Å². The van der Waals surface area contributed by atoms with Gasteiger partial charge in [0.1, 0.15) is 17.6 Å². The number of rotatable bonds is 6. The van der Waals surface area contributed by atoms with Gasteiger partial charge in [0.2, 0.25) is 0 Å². The molecule has 170 valence electrons. The number of benzene rings is 2. The van der Waals surface area contributed by atoms with E-state index in [9.17, 15) is 14.7 Å². The molecular weight excluding hydrogens is 434 g/mol. The first-order valence-corrected chi connectivity index (χ1v) is 11.8. The highest BCUT2D eigenvalue weighted by atomic mass is 32.1. The first-order chi connectivity index (χ1) is 15.8. The number of carbonyl (C=O) groups is 2. The summed E-state index contributed by atoms with van der Waals surface area (Å²) in [5.74, 6) is -0.437. The number of nitrogens with zero attached hydrogens (tertiary/aromatic N) is 1. The first-order valence-electron chi connectivity index (χ1n) is 10.9. The molecule has 3 aromatic rings. The molecule has 1 atom stereocenters. The Labute approximate surface area is 197 Å². The van der Waals surface area contributed by atoms with E-state index in [1.807, 2.05) is 49.6 Å². The summed E-state index contributed by atoms with van der Waals surface area (Å²) in [6.07, 6.45) is 0. The Balaban J connectivity index is 1.80. The summed E-state index contributed by atoms with van der Waals surface area (Å²) < 4.78 is 5.72. The van der Waals surface area contributed by atoms with Crippen molar-refractivity contribution in [1.29, 1.82) is 0 Å². The Kier molecular flexibility index (Phi) is 6.38. The fourth-order valence-electron chi connectivity index (χ4n) is 3.84. The molecular formula is C27H27NO4S. The van der Waals surface area contributed by atoms with Crippen molar-refractivity contribution in [2.75, 3.05) is 11.5 Å². The zero-order valence-corrected chi connectivity index (χ0v) is 20.0. The minimum atomic E-state index is -0.690. The van der Waals surface area contributed by atoms with E-state index in [2.05, 4.69) is 13.8 Å². The molecule has 2 heterocycles. The molecule has 1 aliphatic heterocycles. The molecule has 0 aliphatic carbocycles. The third-order valence-electron chi connectivity index (χ3n) is 5.62. The summed E-state index contributed by atoms with van der Waals surface area (Å²) in [6.45, 7) is 8.64. The van der Waals surface area contributed by atoms with Crippen LogP contribution in [0.1, 0.15) is 41.5 Å². The molecule has 0 saturated carbocycles. The van der Waals surface area contributed by atoms with Gasteiger partial charge in [-0.3, -0.25) is 14.5 Å². The van der Waals surface area contributed by atoms with Gasteiger partial charge in [-0.1, -0.05) is 31.5 Å². The van der Waals surface area contributed by atoms with Gasteiger partial charge in [0.15, 0.2) is 0 Å². The van der Waals surface area contributed by atoms with Crippen molar-refractivity contribution >= 4 is 34.5 Å². The van der Waals surface area contributed by atoms with Crippen LogP contribution in [0.15, 0.2) is 65.6 Å². The molecule has 0 bridgehead atoms. The van der Waals surface area contributed by atoms with Crippen LogP contribution in [-0.2, 0) is 9.59 Å². The number of Topliss-reactive ketones (excluding diaryl/α,β-unsaturated/α-hetero) is 1. The Bertz CT molecular complexity index is 1210. The number of ketones is 1. The minimum absolute atomic E-state index is 0.0990. The number of aryl methyl sites for hydroxylation is 2. The Morgan fingerprint density at radius 2 is 1.70 bits per heavy atom. The summed E-state index contributed by atoms with van der Waals surface area (Å²) in [5.41, 5.74) is 3.21. The smallest absolute Gasteiger partial charge is 0.300 e. The second-order valence-electron chi connectivity index (χ2n) is 8.70. The fraction of sp³-hybridized carbons (Fsp3) is 0.259. The highest BCUT2D eigenvalue weighted by Gasteiger charge is 2.47. The molecule has 1 N–H and O–H groups in total. The number of hydrogen-bond donors (Lipinski definition) is 1. The standard InChI is InChI=1S/C27H27NO4S/c1-16(2)15-32-21-11-7-19(8-12-21)24(29)22-23(26-18(4)13-14-33-26)28(27(31)25(22)30)20-9-5-17(3)6-10-20/h5-14,16,23,29H,15H2,1-4H3/b24-22-. The number of hydrogen-bond acceptors (Lipinski definition) is 5. The van der Waals surface area contributed by atoms with Gasteiger partial charge in [0.05, 0.1) is 12.2 Å². The lowest BCUT2D eigenvalue weighted by Crippen LogP contribution is -2.29. The maximum Gasteiger partial charge on any atom is 0.300 e. The van der Waals surface area contributed by atoms with Crippen LogP contribution in [0.25, 0.3) is 5.76 Å². The molecule has 1 aromatic heterocycles. The van der Waals surface area contributed by atoms with E-state index in [0.29, 0.717) is 29.5 Å². The van der Waals surface area contributed by atoms with Crippen molar-refractivity contribution in [3.63, 3.8) is 0 Å². The van der Waals surface area contributed by atoms with Gasteiger partial charge >= 0.3 is 0 Å². The zero-order chi connectivity index (χ0) is 23.7. The zero-order valence-electron chi connectivity index (χ0n) is 19.2. The van der Waals surface area contributed by atoms with Crippen LogP contribution < -0.4 is 9.64 Å². The molecule has 2 aromatic carbocycles. The van der Waals surface area contributed by atoms with Crippen molar-refractivity contribution in [1.82, 2.24) is 0 Å². The quantitative estimate of drug-likeness (QED) is 0.277. The van der Waals surface area contributed by atoms with Gasteiger partial charge in [-0.05, 0) is 73.2 Å². The molecule has 1 fully saturated rings. The third kappa shape index (κ3) is 4.44. The predicted molar refractivity (Wildman–Crippen MR) is 132 cm³/mol. The van der Waals surface area contributed by atoms with Crippen molar-refractivity contribution in [3.8, 4) is 5.75 Å². The van der Waals surface area contributed by atoms with Crippen LogP contribution in [-0.4, -0.2) is 23.4 Å². The number of aliphatic hydroxyl groups is 1. The average Bonchev–Trinajstić information content (AvgIpc) is 3.33. The number of anilines is 1. The van der Waals surface area contributed by atoms with Crippen molar-refractivity contribution in [2.24, 2.45) is 5.92 Å². The van der Waals surface area contributed by atoms with Crippen molar-refractivity contribution in [2.45, 2.75) is 33.7 Å². The van der Waals surface area contributed by atoms with Gasteiger partial charge in [0.25, 0.3) is 11.7 Å². The van der Waals surface area contributed by atoms with Gasteiger partial charge in [-0.25, -0.2) is 0 Å². The first kappa shape index (κ1) is 22.8. The lowest BCUT2D eigenvalue weighted by Gasteiger charge is -2.25. The van der Waals surface area contributed by atoms with E-state index in [0.717, 1.165) is 16.0 Å². The van der Waals surface area contributed by atoms with E-state index in [1.54, 1.807) is 24.3 Å². The number of aliphatic hydroxyl groups excluding tert-OH is 1. The van der Waals surface area contributed by atoms with Crippen LogP contribution in [0.3, 0.4) is 0 Å². The van der Waals surface area contributed by atoms with E-state index in [4.69, 9.17) is 4.74 Å². The highest BCUT2D eigenvalue weighted by molar-refractivity contribution is 7.10. The normalized spacial score (nSPS) is 17.7.